The van der Waals surface area contributed by atoms with Gasteiger partial charge < -0.3 is 29.3 Å². The number of rotatable bonds is 13. The Morgan fingerprint density at radius 1 is 1.19 bits per heavy atom. The molecule has 2 aliphatic heterocycles. The van der Waals surface area contributed by atoms with Crippen LogP contribution >= 0.6 is 0 Å². The van der Waals surface area contributed by atoms with Gasteiger partial charge in [0.15, 0.2) is 0 Å². The van der Waals surface area contributed by atoms with Gasteiger partial charge in [-0.05, 0) is 61.1 Å². The topological polar surface area (TPSA) is 110 Å². The van der Waals surface area contributed by atoms with Crippen LogP contribution in [0.3, 0.4) is 0 Å². The number of halogens is 3. The number of carbonyl (C=O) groups is 3. The third-order valence-corrected chi connectivity index (χ3v) is 8.66. The van der Waals surface area contributed by atoms with Crippen molar-refractivity contribution in [3.8, 4) is 0 Å². The highest BCUT2D eigenvalue weighted by molar-refractivity contribution is 5.92. The van der Waals surface area contributed by atoms with Crippen LogP contribution in [-0.2, 0) is 42.9 Å². The molecule has 1 saturated heterocycles. The van der Waals surface area contributed by atoms with Crippen LogP contribution in [0.4, 0.5) is 13.2 Å². The van der Waals surface area contributed by atoms with E-state index in [1.807, 2.05) is 0 Å². The number of nitrogens with zero attached hydrogens (tertiary/aromatic N) is 3. The zero-order valence-corrected chi connectivity index (χ0v) is 27.1. The number of alkyl halides is 3. The summed E-state index contributed by atoms with van der Waals surface area (Å²) >= 11 is 0. The van der Waals surface area contributed by atoms with E-state index < -0.39 is 17.7 Å². The van der Waals surface area contributed by atoms with Gasteiger partial charge in [-0.25, -0.2) is 4.79 Å². The maximum Gasteiger partial charge on any atom is 0.417 e. The highest BCUT2D eigenvalue weighted by atomic mass is 19.4. The summed E-state index contributed by atoms with van der Waals surface area (Å²) in [6.45, 7) is 2.07. The van der Waals surface area contributed by atoms with E-state index in [1.54, 1.807) is 54.3 Å². The Labute approximate surface area is 273 Å². The smallest absolute Gasteiger partial charge is 0.417 e. The zero-order chi connectivity index (χ0) is 34.0. The number of pyridine rings is 1. The van der Waals surface area contributed by atoms with Crippen LogP contribution in [0.25, 0.3) is 6.08 Å². The van der Waals surface area contributed by atoms with Crippen molar-refractivity contribution in [3.63, 3.8) is 0 Å². The standard InChI is InChI=1S/C34H43F3N4O6/c1-40(31(42)12-8-23-6-9-24(10-7-23)33(44)46-3)16-4-5-27(39-29-15-18-47-22-30(29)45-2)11-13-32(43)41-17-14-28-25(21-41)19-26(20-38-28)34(35,36)37/h6-10,12,19-20,27,29-30,39H,4-5,11,13-18,21-22H2,1-3H3/b12-8+. The maximum atomic E-state index is 13.3. The Morgan fingerprint density at radius 3 is 2.66 bits per heavy atom. The summed E-state index contributed by atoms with van der Waals surface area (Å²) in [5, 5.41) is 3.66. The highest BCUT2D eigenvalue weighted by Crippen LogP contribution is 2.31. The molecule has 10 nitrogen and oxygen atoms in total. The molecular weight excluding hydrogens is 617 g/mol. The van der Waals surface area contributed by atoms with Crippen molar-refractivity contribution in [1.82, 2.24) is 20.1 Å². The van der Waals surface area contributed by atoms with E-state index in [1.165, 1.54) is 13.2 Å². The lowest BCUT2D eigenvalue weighted by molar-refractivity contribution is -0.138. The van der Waals surface area contributed by atoms with E-state index in [0.717, 1.165) is 24.2 Å². The van der Waals surface area contributed by atoms with Gasteiger partial charge in [0.2, 0.25) is 11.8 Å². The summed E-state index contributed by atoms with van der Waals surface area (Å²) in [5.41, 5.74) is 1.41. The number of esters is 1. The third-order valence-electron chi connectivity index (χ3n) is 8.66. The number of amides is 2. The van der Waals surface area contributed by atoms with Gasteiger partial charge in [0.25, 0.3) is 0 Å². The summed E-state index contributed by atoms with van der Waals surface area (Å²) in [7, 11) is 4.69. The maximum absolute atomic E-state index is 13.3. The lowest BCUT2D eigenvalue weighted by Gasteiger charge is -2.35. The number of aromatic nitrogens is 1. The molecule has 2 aliphatic rings. The fraction of sp³-hybridized carbons (Fsp3) is 0.529. The normalized spacial score (nSPS) is 18.9. The van der Waals surface area contributed by atoms with Gasteiger partial charge >= 0.3 is 12.1 Å². The molecule has 2 amide bonds. The number of methoxy groups -OCH3 is 2. The summed E-state index contributed by atoms with van der Waals surface area (Å²) in [6.07, 6.45) is 2.68. The number of carbonyl (C=O) groups excluding carboxylic acids is 3. The van der Waals surface area contributed by atoms with E-state index >= 15 is 0 Å². The average Bonchev–Trinajstić information content (AvgIpc) is 3.08. The molecule has 0 radical (unpaired) electrons. The van der Waals surface area contributed by atoms with Crippen molar-refractivity contribution in [2.45, 2.75) is 69.4 Å². The third kappa shape index (κ3) is 10.3. The van der Waals surface area contributed by atoms with Gasteiger partial charge in [0.05, 0.1) is 30.9 Å². The number of nitrogens with one attached hydrogen (secondary N) is 1. The van der Waals surface area contributed by atoms with E-state index in [0.29, 0.717) is 68.8 Å². The number of likely N-dealkylation sites (N-methyl/N-ethyl adjacent to an activating group) is 1. The predicted octanol–water partition coefficient (Wildman–Crippen LogP) is 4.27. The summed E-state index contributed by atoms with van der Waals surface area (Å²) in [4.78, 5) is 44.9. The molecule has 13 heteroatoms. The quantitative estimate of drug-likeness (QED) is 0.251. The minimum absolute atomic E-state index is 0.0374. The molecule has 256 valence electrons. The van der Waals surface area contributed by atoms with E-state index in [9.17, 15) is 27.6 Å². The van der Waals surface area contributed by atoms with Crippen LogP contribution in [0.2, 0.25) is 0 Å². The minimum Gasteiger partial charge on any atom is -0.465 e. The van der Waals surface area contributed by atoms with Gasteiger partial charge in [0.1, 0.15) is 0 Å². The number of hydrogen-bond donors (Lipinski definition) is 1. The zero-order valence-electron chi connectivity index (χ0n) is 27.1. The first kappa shape index (κ1) is 36.0. The van der Waals surface area contributed by atoms with E-state index in [2.05, 4.69) is 10.3 Å². The van der Waals surface area contributed by atoms with Crippen LogP contribution in [0, 0.1) is 0 Å². The second-order valence-corrected chi connectivity index (χ2v) is 11.9. The van der Waals surface area contributed by atoms with Gasteiger partial charge in [-0.1, -0.05) is 12.1 Å². The number of benzene rings is 1. The van der Waals surface area contributed by atoms with Crippen molar-refractivity contribution >= 4 is 23.9 Å². The van der Waals surface area contributed by atoms with Gasteiger partial charge in [-0.3, -0.25) is 14.6 Å². The van der Waals surface area contributed by atoms with E-state index in [4.69, 9.17) is 14.2 Å². The molecule has 1 N–H and O–H groups in total. The number of ether oxygens (including phenoxy) is 3. The molecule has 3 unspecified atom stereocenters. The number of fused-ring (bicyclic) bond motifs is 1. The van der Waals surface area contributed by atoms with Gasteiger partial charge in [-0.15, -0.1) is 0 Å². The fourth-order valence-corrected chi connectivity index (χ4v) is 5.83. The number of hydrogen-bond acceptors (Lipinski definition) is 8. The van der Waals surface area contributed by atoms with Crippen molar-refractivity contribution < 1.29 is 41.8 Å². The fourth-order valence-electron chi connectivity index (χ4n) is 5.83. The Balaban J connectivity index is 1.32. The van der Waals surface area contributed by atoms with Crippen molar-refractivity contribution in [1.29, 1.82) is 0 Å². The first-order valence-corrected chi connectivity index (χ1v) is 15.8. The molecule has 0 aliphatic carbocycles. The molecule has 0 spiro atoms. The molecule has 3 heterocycles. The summed E-state index contributed by atoms with van der Waals surface area (Å²) in [6, 6.07) is 7.81. The lowest BCUT2D eigenvalue weighted by atomic mass is 9.99. The van der Waals surface area contributed by atoms with E-state index in [-0.39, 0.29) is 43.0 Å². The average molecular weight is 661 g/mol. The van der Waals surface area contributed by atoms with Crippen LogP contribution in [0.15, 0.2) is 42.6 Å². The van der Waals surface area contributed by atoms with Crippen LogP contribution < -0.4 is 5.32 Å². The Morgan fingerprint density at radius 2 is 1.96 bits per heavy atom. The molecule has 1 fully saturated rings. The molecular formula is C34H43F3N4O6. The lowest BCUT2D eigenvalue weighted by Crippen LogP contribution is -2.51. The summed E-state index contributed by atoms with van der Waals surface area (Å²) < 4.78 is 55.6. The molecule has 1 aromatic carbocycles. The molecule has 4 rings (SSSR count). The first-order chi connectivity index (χ1) is 22.5. The van der Waals surface area contributed by atoms with Crippen LogP contribution in [-0.4, -0.2) is 98.3 Å². The molecule has 0 saturated carbocycles. The first-order valence-electron chi connectivity index (χ1n) is 15.8. The Kier molecular flexibility index (Phi) is 12.9. The predicted molar refractivity (Wildman–Crippen MR) is 168 cm³/mol. The van der Waals surface area contributed by atoms with Crippen LogP contribution in [0.1, 0.15) is 64.8 Å². The Bertz CT molecular complexity index is 1400. The molecule has 47 heavy (non-hydrogen) atoms. The van der Waals surface area contributed by atoms with Crippen molar-refractivity contribution in [2.24, 2.45) is 0 Å². The molecule has 1 aromatic heterocycles. The minimum atomic E-state index is -4.49. The SMILES string of the molecule is COC(=O)c1ccc(/C=C/C(=O)N(C)CCCC(CCC(=O)N2CCc3ncc(C(F)(F)F)cc3C2)NC2CCOCC2OC)cc1. The van der Waals surface area contributed by atoms with Crippen molar-refractivity contribution in [3.05, 3.63) is 70.6 Å². The molecule has 2 aromatic rings. The van der Waals surface area contributed by atoms with Crippen LogP contribution in [0.5, 0.6) is 0 Å². The monoisotopic (exact) mass is 660 g/mol. The summed E-state index contributed by atoms with van der Waals surface area (Å²) in [5.74, 6) is -0.716. The molecule has 3 atom stereocenters. The molecule has 0 bridgehead atoms. The van der Waals surface area contributed by atoms with Crippen molar-refractivity contribution in [2.75, 3.05) is 47.6 Å². The second-order valence-electron chi connectivity index (χ2n) is 11.9. The van der Waals surface area contributed by atoms with Gasteiger partial charge in [-0.2, -0.15) is 13.2 Å². The Hall–Kier alpha value is -3.81. The largest absolute Gasteiger partial charge is 0.465 e. The highest BCUT2D eigenvalue weighted by Gasteiger charge is 2.33. The van der Waals surface area contributed by atoms with Gasteiger partial charge in [0, 0.05) is 83.3 Å². The second kappa shape index (κ2) is 16.8.